The van der Waals surface area contributed by atoms with Crippen molar-refractivity contribution >= 4 is 23.1 Å². The summed E-state index contributed by atoms with van der Waals surface area (Å²) >= 11 is 0. The molecule has 5 aromatic rings. The summed E-state index contributed by atoms with van der Waals surface area (Å²) in [7, 11) is 1.54. The minimum atomic E-state index is -0.992. The molecule has 0 unspecified atom stereocenters. The van der Waals surface area contributed by atoms with Gasteiger partial charge in [0.1, 0.15) is 6.61 Å². The predicted octanol–water partition coefficient (Wildman–Crippen LogP) is 5.23. The lowest BCUT2D eigenvalue weighted by molar-refractivity contribution is 0.0697. The summed E-state index contributed by atoms with van der Waals surface area (Å²) in [5.74, 6) is 0.343. The van der Waals surface area contributed by atoms with Crippen molar-refractivity contribution in [2.75, 3.05) is 7.11 Å². The molecule has 0 saturated heterocycles. The van der Waals surface area contributed by atoms with Gasteiger partial charge in [0, 0.05) is 11.1 Å². The van der Waals surface area contributed by atoms with Gasteiger partial charge in [0.05, 0.1) is 29.8 Å². The van der Waals surface area contributed by atoms with E-state index in [4.69, 9.17) is 19.6 Å². The Kier molecular flexibility index (Phi) is 6.95. The van der Waals surface area contributed by atoms with E-state index in [1.54, 1.807) is 48.5 Å². The third kappa shape index (κ3) is 5.01. The minimum absolute atomic E-state index is 0.174. The van der Waals surface area contributed by atoms with Crippen molar-refractivity contribution in [1.29, 1.82) is 0 Å². The van der Waals surface area contributed by atoms with Gasteiger partial charge in [-0.25, -0.2) is 9.78 Å². The highest BCUT2D eigenvalue weighted by Gasteiger charge is 2.14. The minimum Gasteiger partial charge on any atom is -0.493 e. The summed E-state index contributed by atoms with van der Waals surface area (Å²) in [5, 5.41) is 14.1. The Balaban J connectivity index is 1.54. The lowest BCUT2D eigenvalue weighted by Gasteiger charge is -2.14. The number of aromatic carboxylic acids is 1. The molecule has 8 nitrogen and oxygen atoms in total. The molecule has 0 aliphatic carbocycles. The lowest BCUT2D eigenvalue weighted by Crippen LogP contribution is -2.20. The standard InChI is InChI=1S/C30H23N3O5/c1-37-26-13-7-10-23(27(26)38-19-20-14-16-22(17-15-20)30(35)36)18-31-33-28(21-8-3-2-4-9-21)32-25-12-6-5-11-24(25)29(33)34/h2-18H,19H2,1H3,(H,35,36). The number of nitrogens with zero attached hydrogens (tertiary/aromatic N) is 3. The number of para-hydroxylation sites is 2. The van der Waals surface area contributed by atoms with Crippen LogP contribution in [0.1, 0.15) is 21.5 Å². The highest BCUT2D eigenvalue weighted by molar-refractivity contribution is 5.87. The number of hydrogen-bond donors (Lipinski definition) is 1. The Bertz CT molecular complexity index is 1690. The predicted molar refractivity (Wildman–Crippen MR) is 145 cm³/mol. The van der Waals surface area contributed by atoms with E-state index in [0.29, 0.717) is 33.8 Å². The topological polar surface area (TPSA) is 103 Å². The second kappa shape index (κ2) is 10.8. The molecule has 0 aliphatic heterocycles. The number of fused-ring (bicyclic) bond motifs is 1. The summed E-state index contributed by atoms with van der Waals surface area (Å²) in [4.78, 5) is 29.3. The second-order valence-electron chi connectivity index (χ2n) is 8.35. The summed E-state index contributed by atoms with van der Waals surface area (Å²) < 4.78 is 12.9. The van der Waals surface area contributed by atoms with E-state index < -0.39 is 5.97 Å². The number of hydrogen-bond acceptors (Lipinski definition) is 6. The molecule has 0 saturated carbocycles. The average Bonchev–Trinajstić information content (AvgIpc) is 2.96. The molecule has 0 amide bonds. The summed E-state index contributed by atoms with van der Waals surface area (Å²) in [6, 6.07) is 28.3. The van der Waals surface area contributed by atoms with E-state index >= 15 is 0 Å². The highest BCUT2D eigenvalue weighted by Crippen LogP contribution is 2.31. The molecule has 1 N–H and O–H groups in total. The fourth-order valence-electron chi connectivity index (χ4n) is 3.97. The molecule has 0 radical (unpaired) electrons. The van der Waals surface area contributed by atoms with Crippen molar-refractivity contribution < 1.29 is 19.4 Å². The molecular formula is C30H23N3O5. The number of aromatic nitrogens is 2. The van der Waals surface area contributed by atoms with Gasteiger partial charge in [-0.15, -0.1) is 0 Å². The Hall–Kier alpha value is -5.24. The monoisotopic (exact) mass is 505 g/mol. The van der Waals surface area contributed by atoms with E-state index in [1.165, 1.54) is 30.1 Å². The second-order valence-corrected chi connectivity index (χ2v) is 8.35. The molecule has 8 heteroatoms. The first-order valence-corrected chi connectivity index (χ1v) is 11.8. The fraction of sp³-hybridized carbons (Fsp3) is 0.0667. The van der Waals surface area contributed by atoms with Crippen LogP contribution in [-0.4, -0.2) is 34.1 Å². The molecule has 1 heterocycles. The maximum Gasteiger partial charge on any atom is 0.335 e. The van der Waals surface area contributed by atoms with Gasteiger partial charge in [-0.2, -0.15) is 9.78 Å². The Labute approximate surface area is 218 Å². The van der Waals surface area contributed by atoms with Gasteiger partial charge in [-0.3, -0.25) is 4.79 Å². The van der Waals surface area contributed by atoms with Crippen LogP contribution in [-0.2, 0) is 6.61 Å². The first-order valence-electron chi connectivity index (χ1n) is 11.8. The number of benzene rings is 4. The molecule has 0 aliphatic rings. The Morgan fingerprint density at radius 3 is 2.42 bits per heavy atom. The maximum absolute atomic E-state index is 13.4. The normalized spacial score (nSPS) is 11.1. The highest BCUT2D eigenvalue weighted by atomic mass is 16.5. The van der Waals surface area contributed by atoms with E-state index in [0.717, 1.165) is 11.1 Å². The third-order valence-electron chi connectivity index (χ3n) is 5.91. The molecule has 188 valence electrons. The number of rotatable bonds is 8. The van der Waals surface area contributed by atoms with Crippen molar-refractivity contribution in [3.8, 4) is 22.9 Å². The maximum atomic E-state index is 13.4. The van der Waals surface area contributed by atoms with Crippen molar-refractivity contribution in [2.45, 2.75) is 6.61 Å². The smallest absolute Gasteiger partial charge is 0.335 e. The van der Waals surface area contributed by atoms with E-state index in [1.807, 2.05) is 36.4 Å². The zero-order chi connectivity index (χ0) is 26.5. The van der Waals surface area contributed by atoms with Gasteiger partial charge in [0.15, 0.2) is 17.3 Å². The molecule has 38 heavy (non-hydrogen) atoms. The zero-order valence-corrected chi connectivity index (χ0v) is 20.4. The quantitative estimate of drug-likeness (QED) is 0.290. The van der Waals surface area contributed by atoms with Crippen molar-refractivity contribution in [3.63, 3.8) is 0 Å². The van der Waals surface area contributed by atoms with Crippen LogP contribution in [0.3, 0.4) is 0 Å². The van der Waals surface area contributed by atoms with Crippen LogP contribution >= 0.6 is 0 Å². The number of carbonyl (C=O) groups is 1. The molecule has 0 spiro atoms. The van der Waals surface area contributed by atoms with Gasteiger partial charge in [0.2, 0.25) is 0 Å². The molecule has 0 atom stereocenters. The SMILES string of the molecule is COc1cccc(C=Nn2c(-c3ccccc3)nc3ccccc3c2=O)c1OCc1ccc(C(=O)O)cc1. The van der Waals surface area contributed by atoms with Crippen LogP contribution in [0.4, 0.5) is 0 Å². The average molecular weight is 506 g/mol. The number of methoxy groups -OCH3 is 1. The van der Waals surface area contributed by atoms with Gasteiger partial charge in [-0.1, -0.05) is 60.7 Å². The van der Waals surface area contributed by atoms with Crippen LogP contribution in [0.2, 0.25) is 0 Å². The van der Waals surface area contributed by atoms with Crippen LogP contribution in [0, 0.1) is 0 Å². The summed E-state index contributed by atoms with van der Waals surface area (Å²) in [6.07, 6.45) is 1.54. The van der Waals surface area contributed by atoms with Gasteiger partial charge in [-0.05, 0) is 42.0 Å². The van der Waals surface area contributed by atoms with Crippen LogP contribution in [0.25, 0.3) is 22.3 Å². The summed E-state index contributed by atoms with van der Waals surface area (Å²) in [6.45, 7) is 0.174. The first kappa shape index (κ1) is 24.5. The van der Waals surface area contributed by atoms with Gasteiger partial charge < -0.3 is 14.6 Å². The summed E-state index contributed by atoms with van der Waals surface area (Å²) in [5.41, 5.74) is 2.61. The Morgan fingerprint density at radius 1 is 0.947 bits per heavy atom. The Morgan fingerprint density at radius 2 is 1.68 bits per heavy atom. The van der Waals surface area contributed by atoms with Crippen molar-refractivity contribution in [2.24, 2.45) is 5.10 Å². The van der Waals surface area contributed by atoms with Crippen LogP contribution in [0.5, 0.6) is 11.5 Å². The number of carboxylic acid groups (broad SMARTS) is 1. The lowest BCUT2D eigenvalue weighted by atomic mass is 10.1. The molecule has 0 fully saturated rings. The van der Waals surface area contributed by atoms with E-state index in [9.17, 15) is 9.59 Å². The first-order chi connectivity index (χ1) is 18.5. The van der Waals surface area contributed by atoms with Crippen molar-refractivity contribution in [1.82, 2.24) is 9.66 Å². The van der Waals surface area contributed by atoms with E-state index in [2.05, 4.69) is 5.10 Å². The van der Waals surface area contributed by atoms with E-state index in [-0.39, 0.29) is 17.7 Å². The molecule has 0 bridgehead atoms. The third-order valence-corrected chi connectivity index (χ3v) is 5.91. The molecule has 4 aromatic carbocycles. The van der Waals surface area contributed by atoms with Crippen molar-refractivity contribution in [3.05, 3.63) is 124 Å². The molecule has 1 aromatic heterocycles. The molecule has 5 rings (SSSR count). The number of ether oxygens (including phenoxy) is 2. The fourth-order valence-corrected chi connectivity index (χ4v) is 3.97. The van der Waals surface area contributed by atoms with Gasteiger partial charge >= 0.3 is 5.97 Å². The molecular weight excluding hydrogens is 482 g/mol. The number of carboxylic acids is 1. The van der Waals surface area contributed by atoms with Gasteiger partial charge in [0.25, 0.3) is 5.56 Å². The zero-order valence-electron chi connectivity index (χ0n) is 20.4. The van der Waals surface area contributed by atoms with Crippen LogP contribution in [0.15, 0.2) is 107 Å². The van der Waals surface area contributed by atoms with Crippen LogP contribution < -0.4 is 15.0 Å². The largest absolute Gasteiger partial charge is 0.493 e.